The van der Waals surface area contributed by atoms with E-state index in [2.05, 4.69) is 41.5 Å². The Morgan fingerprint density at radius 1 is 0.938 bits per heavy atom. The summed E-state index contributed by atoms with van der Waals surface area (Å²) in [7, 11) is 3.21. The topological polar surface area (TPSA) is 65.4 Å². The number of hydrogen-bond donors (Lipinski definition) is 1. The Bertz CT molecular complexity index is 1270. The molecular weight excluding hydrogens is 402 g/mol. The summed E-state index contributed by atoms with van der Waals surface area (Å²) < 4.78 is 12.8. The summed E-state index contributed by atoms with van der Waals surface area (Å²) >= 11 is 0. The van der Waals surface area contributed by atoms with Crippen LogP contribution in [0.4, 0.5) is 0 Å². The van der Waals surface area contributed by atoms with Crippen molar-refractivity contribution in [3.05, 3.63) is 99.6 Å². The van der Waals surface area contributed by atoms with Crippen molar-refractivity contribution >= 4 is 10.9 Å². The van der Waals surface area contributed by atoms with Crippen molar-refractivity contribution in [1.82, 2.24) is 14.9 Å². The van der Waals surface area contributed by atoms with Gasteiger partial charge in [0.2, 0.25) is 0 Å². The maximum atomic E-state index is 13.5. The second kappa shape index (κ2) is 9.66. The smallest absolute Gasteiger partial charge is 0.255 e. The van der Waals surface area contributed by atoms with E-state index in [1.54, 1.807) is 20.4 Å². The number of pyridine rings is 2. The third kappa shape index (κ3) is 4.65. The van der Waals surface area contributed by atoms with Crippen molar-refractivity contribution in [1.29, 1.82) is 0 Å². The fraction of sp³-hybridized carbons (Fsp3) is 0.231. The monoisotopic (exact) mass is 429 g/mol. The van der Waals surface area contributed by atoms with E-state index in [1.807, 2.05) is 41.1 Å². The van der Waals surface area contributed by atoms with Crippen LogP contribution in [0, 0.1) is 6.92 Å². The van der Waals surface area contributed by atoms with Crippen LogP contribution in [0.15, 0.2) is 71.8 Å². The van der Waals surface area contributed by atoms with Gasteiger partial charge in [-0.2, -0.15) is 0 Å². The molecule has 0 aliphatic rings. The van der Waals surface area contributed by atoms with E-state index in [4.69, 9.17) is 9.47 Å². The number of benzene rings is 2. The number of ether oxygens (including phenoxy) is 2. The zero-order valence-corrected chi connectivity index (χ0v) is 18.6. The summed E-state index contributed by atoms with van der Waals surface area (Å²) in [4.78, 5) is 17.6. The van der Waals surface area contributed by atoms with Crippen LogP contribution in [0.25, 0.3) is 10.9 Å². The molecule has 0 aliphatic carbocycles. The van der Waals surface area contributed by atoms with Crippen molar-refractivity contribution < 1.29 is 9.47 Å². The lowest BCUT2D eigenvalue weighted by molar-refractivity contribution is 0.355. The number of nitrogens with zero attached hydrogens (tertiary/aromatic N) is 2. The first-order valence-electron chi connectivity index (χ1n) is 10.5. The number of hydrogen-bond acceptors (Lipinski definition) is 5. The molecule has 4 aromatic rings. The summed E-state index contributed by atoms with van der Waals surface area (Å²) in [6.07, 6.45) is 3.57. The first kappa shape index (κ1) is 21.6. The maximum absolute atomic E-state index is 13.5. The molecule has 2 heterocycles. The molecule has 0 radical (unpaired) electrons. The van der Waals surface area contributed by atoms with Crippen molar-refractivity contribution in [2.75, 3.05) is 14.2 Å². The highest BCUT2D eigenvalue weighted by atomic mass is 16.5. The molecule has 2 aromatic heterocycles. The zero-order chi connectivity index (χ0) is 22.5. The Morgan fingerprint density at radius 2 is 1.69 bits per heavy atom. The molecule has 0 spiro atoms. The van der Waals surface area contributed by atoms with E-state index in [1.165, 1.54) is 5.56 Å². The number of aryl methyl sites for hydroxylation is 1. The SMILES string of the molecule is COc1cc2cc(CNCc3cccnc3)c(=O)n(Cc3ccc(C)cc3)c2cc1OC. The van der Waals surface area contributed by atoms with Gasteiger partial charge in [-0.25, -0.2) is 0 Å². The summed E-state index contributed by atoms with van der Waals surface area (Å²) in [6.45, 7) is 3.61. The molecule has 0 atom stereocenters. The van der Waals surface area contributed by atoms with E-state index in [0.717, 1.165) is 22.0 Å². The Kier molecular flexibility index (Phi) is 6.52. The van der Waals surface area contributed by atoms with E-state index in [0.29, 0.717) is 36.7 Å². The quantitative estimate of drug-likeness (QED) is 0.458. The lowest BCUT2D eigenvalue weighted by Crippen LogP contribution is -2.28. The molecule has 0 saturated heterocycles. The van der Waals surface area contributed by atoms with Gasteiger partial charge < -0.3 is 19.4 Å². The second-order valence-electron chi connectivity index (χ2n) is 7.78. The van der Waals surface area contributed by atoms with Crippen molar-refractivity contribution in [3.63, 3.8) is 0 Å². The molecule has 6 heteroatoms. The molecule has 0 fully saturated rings. The minimum Gasteiger partial charge on any atom is -0.493 e. The van der Waals surface area contributed by atoms with Gasteiger partial charge in [0.1, 0.15) is 0 Å². The maximum Gasteiger partial charge on any atom is 0.255 e. The summed E-state index contributed by atoms with van der Waals surface area (Å²) in [6, 6.07) is 17.9. The van der Waals surface area contributed by atoms with Crippen LogP contribution in [-0.2, 0) is 19.6 Å². The van der Waals surface area contributed by atoms with Gasteiger partial charge in [0.15, 0.2) is 11.5 Å². The third-order valence-corrected chi connectivity index (χ3v) is 5.50. The van der Waals surface area contributed by atoms with Crippen molar-refractivity contribution in [3.8, 4) is 11.5 Å². The average Bonchev–Trinajstić information content (AvgIpc) is 2.82. The van der Waals surface area contributed by atoms with E-state index in [9.17, 15) is 4.79 Å². The highest BCUT2D eigenvalue weighted by molar-refractivity contribution is 5.84. The van der Waals surface area contributed by atoms with Gasteiger partial charge in [-0.05, 0) is 36.2 Å². The van der Waals surface area contributed by atoms with Gasteiger partial charge >= 0.3 is 0 Å². The molecule has 1 N–H and O–H groups in total. The highest BCUT2D eigenvalue weighted by Crippen LogP contribution is 2.32. The zero-order valence-electron chi connectivity index (χ0n) is 18.6. The number of fused-ring (bicyclic) bond motifs is 1. The first-order valence-corrected chi connectivity index (χ1v) is 10.5. The van der Waals surface area contributed by atoms with Gasteiger partial charge in [0, 0.05) is 42.5 Å². The average molecular weight is 430 g/mol. The normalized spacial score (nSPS) is 11.0. The Morgan fingerprint density at radius 3 is 2.38 bits per heavy atom. The molecule has 0 amide bonds. The first-order chi connectivity index (χ1) is 15.6. The molecule has 32 heavy (non-hydrogen) atoms. The molecule has 0 saturated carbocycles. The third-order valence-electron chi connectivity index (χ3n) is 5.50. The minimum atomic E-state index is -0.0241. The van der Waals surface area contributed by atoms with Crippen LogP contribution < -0.4 is 20.3 Å². The second-order valence-corrected chi connectivity index (χ2v) is 7.78. The fourth-order valence-electron chi connectivity index (χ4n) is 3.77. The molecule has 0 aliphatic heterocycles. The molecule has 2 aromatic carbocycles. The van der Waals surface area contributed by atoms with Crippen molar-refractivity contribution in [2.45, 2.75) is 26.6 Å². The summed E-state index contributed by atoms with van der Waals surface area (Å²) in [5.41, 5.74) is 4.80. The van der Waals surface area contributed by atoms with Crippen LogP contribution in [-0.4, -0.2) is 23.8 Å². The number of methoxy groups -OCH3 is 2. The van der Waals surface area contributed by atoms with Crippen molar-refractivity contribution in [2.24, 2.45) is 0 Å². The van der Waals surface area contributed by atoms with E-state index >= 15 is 0 Å². The molecule has 4 rings (SSSR count). The van der Waals surface area contributed by atoms with Gasteiger partial charge in [-0.1, -0.05) is 35.9 Å². The Hall–Kier alpha value is -3.64. The van der Waals surface area contributed by atoms with E-state index in [-0.39, 0.29) is 5.56 Å². The molecular formula is C26H27N3O3. The Labute approximate surface area is 187 Å². The van der Waals surface area contributed by atoms with Crippen LogP contribution in [0.3, 0.4) is 0 Å². The lowest BCUT2D eigenvalue weighted by atomic mass is 10.1. The molecule has 6 nitrogen and oxygen atoms in total. The van der Waals surface area contributed by atoms with E-state index < -0.39 is 0 Å². The van der Waals surface area contributed by atoms with Crippen LogP contribution in [0.5, 0.6) is 11.5 Å². The predicted molar refractivity (Wildman–Crippen MR) is 126 cm³/mol. The van der Waals surface area contributed by atoms with Crippen LogP contribution in [0.1, 0.15) is 22.3 Å². The van der Waals surface area contributed by atoms with Crippen LogP contribution >= 0.6 is 0 Å². The lowest BCUT2D eigenvalue weighted by Gasteiger charge is -2.16. The largest absolute Gasteiger partial charge is 0.493 e. The molecule has 164 valence electrons. The van der Waals surface area contributed by atoms with Gasteiger partial charge in [0.05, 0.1) is 26.3 Å². The van der Waals surface area contributed by atoms with Gasteiger partial charge in [-0.3, -0.25) is 9.78 Å². The number of nitrogens with one attached hydrogen (secondary N) is 1. The highest BCUT2D eigenvalue weighted by Gasteiger charge is 2.14. The fourth-order valence-corrected chi connectivity index (χ4v) is 3.77. The number of rotatable bonds is 8. The Balaban J connectivity index is 1.75. The minimum absolute atomic E-state index is 0.0241. The van der Waals surface area contributed by atoms with Crippen LogP contribution in [0.2, 0.25) is 0 Å². The molecule has 0 bridgehead atoms. The summed E-state index contributed by atoms with van der Waals surface area (Å²) in [5, 5.41) is 4.29. The summed E-state index contributed by atoms with van der Waals surface area (Å²) in [5.74, 6) is 1.23. The van der Waals surface area contributed by atoms with Gasteiger partial charge in [-0.15, -0.1) is 0 Å². The predicted octanol–water partition coefficient (Wildman–Crippen LogP) is 4.06. The number of aromatic nitrogens is 2. The molecule has 0 unspecified atom stereocenters. The van der Waals surface area contributed by atoms with Gasteiger partial charge in [0.25, 0.3) is 5.56 Å². The standard InChI is InChI=1S/C26H27N3O3/c1-18-6-8-19(9-7-18)17-29-23-13-25(32-3)24(31-2)12-21(23)11-22(26(29)30)16-28-15-20-5-4-10-27-14-20/h4-14,28H,15-17H2,1-3H3.